The van der Waals surface area contributed by atoms with Crippen molar-refractivity contribution in [1.82, 2.24) is 9.80 Å². The predicted molar refractivity (Wildman–Crippen MR) is 66.3 cm³/mol. The molecule has 1 unspecified atom stereocenters. The molecule has 92 valence electrons. The molecule has 2 aliphatic rings. The highest BCUT2D eigenvalue weighted by Crippen LogP contribution is 2.22. The molecule has 0 aliphatic carbocycles. The van der Waals surface area contributed by atoms with Gasteiger partial charge >= 0.3 is 0 Å². The van der Waals surface area contributed by atoms with Gasteiger partial charge in [-0.3, -0.25) is 9.80 Å². The van der Waals surface area contributed by atoms with E-state index in [2.05, 4.69) is 9.80 Å². The van der Waals surface area contributed by atoms with Crippen LogP contribution in [0.25, 0.3) is 0 Å². The van der Waals surface area contributed by atoms with E-state index in [1.165, 1.54) is 38.0 Å². The van der Waals surface area contributed by atoms with Crippen LogP contribution < -0.4 is 0 Å². The topological polar surface area (TPSA) is 6.48 Å². The molecule has 3 heteroatoms. The Morgan fingerprint density at radius 1 is 1.12 bits per heavy atom. The lowest BCUT2D eigenvalue weighted by Gasteiger charge is -2.37. The molecule has 0 aromatic heterocycles. The van der Waals surface area contributed by atoms with Gasteiger partial charge in [-0.15, -0.1) is 0 Å². The summed E-state index contributed by atoms with van der Waals surface area (Å²) in [6.45, 7) is 5.77. The maximum atomic E-state index is 12.8. The Morgan fingerprint density at radius 2 is 1.94 bits per heavy atom. The van der Waals surface area contributed by atoms with Crippen molar-refractivity contribution in [2.45, 2.75) is 25.4 Å². The molecule has 2 saturated heterocycles. The first-order valence-corrected chi connectivity index (χ1v) is 6.52. The van der Waals surface area contributed by atoms with Crippen LogP contribution in [-0.4, -0.2) is 42.0 Å². The van der Waals surface area contributed by atoms with Crippen LogP contribution in [-0.2, 0) is 6.54 Å². The average Bonchev–Trinajstić information content (AvgIpc) is 2.79. The summed E-state index contributed by atoms with van der Waals surface area (Å²) in [5.41, 5.74) is 1.22. The van der Waals surface area contributed by atoms with Gasteiger partial charge in [0, 0.05) is 32.2 Å². The third-order valence-corrected chi connectivity index (χ3v) is 3.99. The number of halogens is 1. The Hall–Kier alpha value is -0.930. The van der Waals surface area contributed by atoms with E-state index in [0.717, 1.165) is 19.1 Å². The van der Waals surface area contributed by atoms with Crippen molar-refractivity contribution < 1.29 is 4.39 Å². The zero-order chi connectivity index (χ0) is 11.7. The molecular weight excluding hydrogens is 215 g/mol. The van der Waals surface area contributed by atoms with Gasteiger partial charge in [0.15, 0.2) is 0 Å². The lowest BCUT2D eigenvalue weighted by Crippen LogP contribution is -2.49. The molecule has 0 amide bonds. The van der Waals surface area contributed by atoms with Crippen LogP contribution >= 0.6 is 0 Å². The molecule has 1 aromatic rings. The fourth-order valence-electron chi connectivity index (χ4n) is 3.05. The highest BCUT2D eigenvalue weighted by atomic mass is 19.1. The van der Waals surface area contributed by atoms with Crippen molar-refractivity contribution in [2.24, 2.45) is 0 Å². The third-order valence-electron chi connectivity index (χ3n) is 3.99. The Balaban J connectivity index is 1.60. The molecule has 3 rings (SSSR count). The monoisotopic (exact) mass is 234 g/mol. The van der Waals surface area contributed by atoms with Crippen molar-refractivity contribution in [2.75, 3.05) is 26.2 Å². The Bertz CT molecular complexity index is 376. The molecule has 1 aromatic carbocycles. The fourth-order valence-corrected chi connectivity index (χ4v) is 3.05. The van der Waals surface area contributed by atoms with Crippen LogP contribution in [0.2, 0.25) is 0 Å². The van der Waals surface area contributed by atoms with Gasteiger partial charge in [0.05, 0.1) is 0 Å². The first-order chi connectivity index (χ1) is 8.31. The summed E-state index contributed by atoms with van der Waals surface area (Å²) >= 11 is 0. The molecular formula is C14H19FN2. The van der Waals surface area contributed by atoms with E-state index >= 15 is 0 Å². The first-order valence-electron chi connectivity index (χ1n) is 6.52. The predicted octanol–water partition coefficient (Wildman–Crippen LogP) is 2.11. The van der Waals surface area contributed by atoms with E-state index in [4.69, 9.17) is 0 Å². The molecule has 1 atom stereocenters. The van der Waals surface area contributed by atoms with Crippen LogP contribution in [0.3, 0.4) is 0 Å². The van der Waals surface area contributed by atoms with E-state index in [9.17, 15) is 4.39 Å². The second kappa shape index (κ2) is 4.75. The number of rotatable bonds is 2. The fraction of sp³-hybridized carbons (Fsp3) is 0.571. The standard InChI is InChI=1S/C14H19FN2/c15-13-5-3-12(4-6-13)10-16-8-9-17-7-1-2-14(17)11-16/h3-6,14H,1-2,7-11H2. The summed E-state index contributed by atoms with van der Waals surface area (Å²) < 4.78 is 12.8. The number of nitrogens with zero attached hydrogens (tertiary/aromatic N) is 2. The molecule has 2 fully saturated rings. The van der Waals surface area contributed by atoms with Crippen LogP contribution in [0.5, 0.6) is 0 Å². The van der Waals surface area contributed by atoms with Crippen LogP contribution in [0, 0.1) is 5.82 Å². The minimum absolute atomic E-state index is 0.144. The maximum absolute atomic E-state index is 12.8. The smallest absolute Gasteiger partial charge is 0.123 e. The van der Waals surface area contributed by atoms with E-state index in [1.54, 1.807) is 12.1 Å². The molecule has 0 radical (unpaired) electrons. The number of benzene rings is 1. The Morgan fingerprint density at radius 3 is 2.76 bits per heavy atom. The molecule has 0 bridgehead atoms. The van der Waals surface area contributed by atoms with Gasteiger partial charge in [0.25, 0.3) is 0 Å². The highest BCUT2D eigenvalue weighted by Gasteiger charge is 2.30. The highest BCUT2D eigenvalue weighted by molar-refractivity contribution is 5.16. The van der Waals surface area contributed by atoms with Gasteiger partial charge in [-0.25, -0.2) is 4.39 Å². The number of hydrogen-bond donors (Lipinski definition) is 0. The van der Waals surface area contributed by atoms with Gasteiger partial charge < -0.3 is 0 Å². The average molecular weight is 234 g/mol. The minimum Gasteiger partial charge on any atom is -0.298 e. The van der Waals surface area contributed by atoms with E-state index in [-0.39, 0.29) is 5.82 Å². The zero-order valence-electron chi connectivity index (χ0n) is 10.1. The molecule has 0 N–H and O–H groups in total. The van der Waals surface area contributed by atoms with Crippen molar-refractivity contribution in [1.29, 1.82) is 0 Å². The summed E-state index contributed by atoms with van der Waals surface area (Å²) in [6, 6.07) is 7.68. The molecule has 2 aliphatic heterocycles. The van der Waals surface area contributed by atoms with Crippen molar-refractivity contribution in [3.63, 3.8) is 0 Å². The second-order valence-electron chi connectivity index (χ2n) is 5.19. The third kappa shape index (κ3) is 2.50. The molecule has 2 nitrogen and oxygen atoms in total. The van der Waals surface area contributed by atoms with E-state index in [0.29, 0.717) is 0 Å². The lowest BCUT2D eigenvalue weighted by molar-refractivity contribution is 0.0993. The number of piperazine rings is 1. The van der Waals surface area contributed by atoms with E-state index in [1.807, 2.05) is 12.1 Å². The van der Waals surface area contributed by atoms with Gasteiger partial charge in [0.1, 0.15) is 5.82 Å². The Kier molecular flexibility index (Phi) is 3.12. The van der Waals surface area contributed by atoms with Gasteiger partial charge in [-0.1, -0.05) is 12.1 Å². The Labute approximate surface area is 102 Å². The van der Waals surface area contributed by atoms with Crippen LogP contribution in [0.1, 0.15) is 18.4 Å². The van der Waals surface area contributed by atoms with Gasteiger partial charge in [-0.05, 0) is 37.1 Å². The molecule has 0 saturated carbocycles. The molecule has 2 heterocycles. The maximum Gasteiger partial charge on any atom is 0.123 e. The van der Waals surface area contributed by atoms with Crippen molar-refractivity contribution >= 4 is 0 Å². The van der Waals surface area contributed by atoms with Crippen molar-refractivity contribution in [3.05, 3.63) is 35.6 Å². The summed E-state index contributed by atoms with van der Waals surface area (Å²) in [5.74, 6) is -0.144. The SMILES string of the molecule is Fc1ccc(CN2CCN3CCCC3C2)cc1. The van der Waals surface area contributed by atoms with E-state index < -0.39 is 0 Å². The van der Waals surface area contributed by atoms with Crippen molar-refractivity contribution in [3.8, 4) is 0 Å². The van der Waals surface area contributed by atoms with Gasteiger partial charge in [0.2, 0.25) is 0 Å². The molecule has 17 heavy (non-hydrogen) atoms. The number of fused-ring (bicyclic) bond motifs is 1. The summed E-state index contributed by atoms with van der Waals surface area (Å²) in [7, 11) is 0. The lowest BCUT2D eigenvalue weighted by atomic mass is 10.1. The summed E-state index contributed by atoms with van der Waals surface area (Å²) in [6.07, 6.45) is 2.70. The normalized spacial score (nSPS) is 26.1. The van der Waals surface area contributed by atoms with Crippen LogP contribution in [0.15, 0.2) is 24.3 Å². The van der Waals surface area contributed by atoms with Gasteiger partial charge in [-0.2, -0.15) is 0 Å². The second-order valence-corrected chi connectivity index (χ2v) is 5.19. The summed E-state index contributed by atoms with van der Waals surface area (Å²) in [5, 5.41) is 0. The summed E-state index contributed by atoms with van der Waals surface area (Å²) in [4.78, 5) is 5.11. The zero-order valence-corrected chi connectivity index (χ0v) is 10.1. The first kappa shape index (κ1) is 11.2. The molecule has 0 spiro atoms. The quantitative estimate of drug-likeness (QED) is 0.773. The largest absolute Gasteiger partial charge is 0.298 e. The number of hydrogen-bond acceptors (Lipinski definition) is 2. The minimum atomic E-state index is -0.144. The van der Waals surface area contributed by atoms with Crippen LogP contribution in [0.4, 0.5) is 4.39 Å².